The first-order valence-electron chi connectivity index (χ1n) is 24.6. The van der Waals surface area contributed by atoms with Crippen LogP contribution in [0.2, 0.25) is 0 Å². The number of aromatic amines is 1. The highest BCUT2D eigenvalue weighted by molar-refractivity contribution is 14.1. The van der Waals surface area contributed by atoms with E-state index in [0.717, 1.165) is 49.2 Å². The minimum atomic E-state index is -1.61. The summed E-state index contributed by atoms with van der Waals surface area (Å²) in [5, 5.41) is 48.0. The van der Waals surface area contributed by atoms with Gasteiger partial charge in [0.1, 0.15) is 61.2 Å². The number of anilines is 2. The molecular formula is C48H70IN11O12. The predicted molar refractivity (Wildman–Crippen MR) is 272 cm³/mol. The Hall–Kier alpha value is -5.57. The van der Waals surface area contributed by atoms with Crippen LogP contribution in [-0.2, 0) is 44.8 Å². The van der Waals surface area contributed by atoms with Crippen molar-refractivity contribution >= 4 is 86.8 Å². The fourth-order valence-electron chi connectivity index (χ4n) is 8.81. The number of hydrogen-bond acceptors (Lipinski definition) is 16. The molecule has 3 aromatic rings. The van der Waals surface area contributed by atoms with E-state index in [1.807, 2.05) is 13.8 Å². The molecule has 396 valence electrons. The minimum Gasteiger partial charge on any atom is -0.445 e. The molecule has 2 aliphatic rings. The van der Waals surface area contributed by atoms with Crippen LogP contribution < -0.4 is 31.9 Å². The highest BCUT2D eigenvalue weighted by Gasteiger charge is 2.49. The van der Waals surface area contributed by atoms with Crippen LogP contribution in [-0.4, -0.2) is 147 Å². The van der Waals surface area contributed by atoms with Gasteiger partial charge >= 0.3 is 6.09 Å². The predicted octanol–water partition coefficient (Wildman–Crippen LogP) is 2.64. The fraction of sp³-hybridized carbons (Fsp3) is 0.625. The number of hydrogen-bond donors (Lipinski definition) is 10. The van der Waals surface area contributed by atoms with E-state index in [4.69, 9.17) is 9.47 Å². The number of imide groups is 1. The zero-order chi connectivity index (χ0) is 52.9. The number of fused-ring (bicyclic) bond motifs is 1. The van der Waals surface area contributed by atoms with Crippen LogP contribution in [0.5, 0.6) is 0 Å². The molecule has 2 aromatic heterocycles. The monoisotopic (exact) mass is 1120 g/mol. The molecule has 2 saturated heterocycles. The number of alkyl halides is 1. The average Bonchev–Trinajstić information content (AvgIpc) is 3.93. The first-order chi connectivity index (χ1) is 34.3. The third-order valence-corrected chi connectivity index (χ3v) is 15.1. The van der Waals surface area contributed by atoms with Gasteiger partial charge in [-0.1, -0.05) is 89.1 Å². The van der Waals surface area contributed by atoms with Crippen molar-refractivity contribution in [2.24, 2.45) is 11.8 Å². The van der Waals surface area contributed by atoms with Gasteiger partial charge in [-0.2, -0.15) is 0 Å². The zero-order valence-corrected chi connectivity index (χ0v) is 44.0. The van der Waals surface area contributed by atoms with E-state index in [-0.39, 0.29) is 58.9 Å². The zero-order valence-electron chi connectivity index (χ0n) is 41.8. The van der Waals surface area contributed by atoms with Gasteiger partial charge in [0.05, 0.1) is 18.6 Å². The summed E-state index contributed by atoms with van der Waals surface area (Å²) in [6.07, 6.45) is -0.209. The summed E-state index contributed by atoms with van der Waals surface area (Å²) in [5.74, 6) is -2.66. The second-order valence-electron chi connectivity index (χ2n) is 18.6. The Labute approximate surface area is 432 Å². The molecule has 0 aliphatic carbocycles. The van der Waals surface area contributed by atoms with Crippen LogP contribution in [0.3, 0.4) is 0 Å². The number of halogens is 1. The number of carbonyl (C=O) groups is 7. The van der Waals surface area contributed by atoms with Crippen LogP contribution >= 0.6 is 22.6 Å². The number of H-pyrrole nitrogens is 1. The van der Waals surface area contributed by atoms with Crippen molar-refractivity contribution in [3.8, 4) is 0 Å². The number of carbonyl (C=O) groups excluding carboxylic acids is 7. The van der Waals surface area contributed by atoms with Crippen LogP contribution in [0.4, 0.5) is 16.3 Å². The van der Waals surface area contributed by atoms with E-state index >= 15 is 0 Å². The number of rotatable bonds is 25. The highest BCUT2D eigenvalue weighted by atomic mass is 127. The minimum absolute atomic E-state index is 0.0991. The van der Waals surface area contributed by atoms with Crippen LogP contribution in [0, 0.1) is 11.8 Å². The lowest BCUT2D eigenvalue weighted by molar-refractivity contribution is -0.185. The molecule has 10 N–H and O–H groups in total. The smallest absolute Gasteiger partial charge is 0.407 e. The molecule has 23 nitrogen and oxygen atoms in total. The van der Waals surface area contributed by atoms with E-state index in [1.165, 1.54) is 13.3 Å². The number of aromatic nitrogens is 4. The first kappa shape index (κ1) is 57.3. The van der Waals surface area contributed by atoms with E-state index in [2.05, 4.69) is 88.3 Å². The maximum Gasteiger partial charge on any atom is 0.407 e. The molecule has 0 radical (unpaired) electrons. The summed E-state index contributed by atoms with van der Waals surface area (Å²) in [7, 11) is 0. The average molecular weight is 1120 g/mol. The van der Waals surface area contributed by atoms with Gasteiger partial charge in [0.25, 0.3) is 0 Å². The normalized spacial score (nSPS) is 22.1. The number of aliphatic hydroxyl groups excluding tert-OH is 3. The Kier molecular flexibility index (Phi) is 21.0. The Bertz CT molecular complexity index is 2370. The standard InChI is InChI=1S/C48H70IN11O12/c1-8-12-28(10-3)40-57-37-41(58-40)51-24-52-42(37)59-45-39(66)38(65)36(31(22-61)72-45)56-33(63)21-50-47(70)71-23-27-13-15-29(16-14-27)54-43(67)26(7)53-44(68)35(25(5)6)55-32(62)17-19-60-34(64)20-30(46(60)69)48(49,11-4)18-9-2/h13-16,24-26,28,30-31,35-36,38-39,45,61,65-66H,8-12,17-23H2,1-7H3,(H,50,70)(H,53,68)(H,54,67)(H,55,62)(H,56,63)(H2,51,52,57,58,59)/t26-,28?,30?,31-,35-,36-,38+,39-,45+,48?/m0/s1. The van der Waals surface area contributed by atoms with Crippen LogP contribution in [0.1, 0.15) is 117 Å². The summed E-state index contributed by atoms with van der Waals surface area (Å²) < 4.78 is 10.8. The van der Waals surface area contributed by atoms with Gasteiger partial charge in [-0.3, -0.25) is 33.7 Å². The van der Waals surface area contributed by atoms with Crippen LogP contribution in [0.25, 0.3) is 11.2 Å². The largest absolute Gasteiger partial charge is 0.445 e. The molecule has 0 bridgehead atoms. The molecule has 72 heavy (non-hydrogen) atoms. The second-order valence-corrected chi connectivity index (χ2v) is 20.7. The molecule has 4 heterocycles. The first-order valence-corrected chi connectivity index (χ1v) is 25.7. The molecule has 5 rings (SSSR count). The Morgan fingerprint density at radius 1 is 0.972 bits per heavy atom. The molecule has 2 fully saturated rings. The number of likely N-dealkylation sites (tertiary alicyclic amines) is 1. The quantitative estimate of drug-likeness (QED) is 0.0331. The van der Waals surface area contributed by atoms with Crippen molar-refractivity contribution in [2.45, 2.75) is 158 Å². The van der Waals surface area contributed by atoms with Gasteiger partial charge in [-0.25, -0.2) is 19.7 Å². The lowest BCUT2D eigenvalue weighted by Gasteiger charge is -2.42. The molecule has 1 aromatic carbocycles. The molecule has 2 aliphatic heterocycles. The topological polar surface area (TPSA) is 329 Å². The summed E-state index contributed by atoms with van der Waals surface area (Å²) in [6, 6.07) is 2.99. The number of amides is 7. The molecule has 10 atom stereocenters. The second kappa shape index (κ2) is 26.4. The van der Waals surface area contributed by atoms with Gasteiger partial charge in [-0.05, 0) is 56.2 Å². The van der Waals surface area contributed by atoms with Crippen LogP contribution in [0.15, 0.2) is 30.6 Å². The van der Waals surface area contributed by atoms with Crippen molar-refractivity contribution in [1.29, 1.82) is 0 Å². The maximum atomic E-state index is 13.3. The molecule has 7 amide bonds. The summed E-state index contributed by atoms with van der Waals surface area (Å²) in [4.78, 5) is 108. The van der Waals surface area contributed by atoms with Gasteiger partial charge in [0.15, 0.2) is 17.7 Å². The number of aliphatic hydroxyl groups is 3. The lowest BCUT2D eigenvalue weighted by Crippen LogP contribution is -2.66. The van der Waals surface area contributed by atoms with Gasteiger partial charge in [0, 0.05) is 34.4 Å². The molecule has 24 heteroatoms. The van der Waals surface area contributed by atoms with Crippen molar-refractivity contribution in [2.75, 3.05) is 30.3 Å². The summed E-state index contributed by atoms with van der Waals surface area (Å²) in [5.41, 5.74) is 1.77. The lowest BCUT2D eigenvalue weighted by atomic mass is 9.85. The van der Waals surface area contributed by atoms with Crippen molar-refractivity contribution in [3.63, 3.8) is 0 Å². The van der Waals surface area contributed by atoms with E-state index in [9.17, 15) is 48.9 Å². The number of imidazole rings is 1. The number of nitrogens with one attached hydrogen (secondary N) is 7. The molecular weight excluding hydrogens is 1050 g/mol. The Morgan fingerprint density at radius 3 is 2.33 bits per heavy atom. The molecule has 0 saturated carbocycles. The third-order valence-electron chi connectivity index (χ3n) is 13.0. The Morgan fingerprint density at radius 2 is 1.69 bits per heavy atom. The van der Waals surface area contributed by atoms with E-state index < -0.39 is 91.5 Å². The highest BCUT2D eigenvalue weighted by Crippen LogP contribution is 2.42. The van der Waals surface area contributed by atoms with Crippen molar-refractivity contribution < 1.29 is 58.4 Å². The number of ether oxygens (including phenoxy) is 2. The van der Waals surface area contributed by atoms with Crippen molar-refractivity contribution in [3.05, 3.63) is 42.0 Å². The molecule has 0 spiro atoms. The van der Waals surface area contributed by atoms with Gasteiger partial charge in [-0.15, -0.1) is 0 Å². The fourth-order valence-corrected chi connectivity index (χ4v) is 9.83. The summed E-state index contributed by atoms with van der Waals surface area (Å²) >= 11 is 2.29. The van der Waals surface area contributed by atoms with Gasteiger partial charge in [0.2, 0.25) is 35.4 Å². The SMILES string of the molecule is CCCC(CC)c1nc2ncnc(N[C@@H]3O[C@@H](CO)[C@H](NC(=O)CNC(=O)OCc4ccc(NC(=O)[C@H](C)NC(=O)[C@@H](NC(=O)CCN5C(=O)CC(C(I)(CC)CCC)C5=O)C(C)C)cc4)[C@@H](O)[C@@H]3O)c2[nH]1. The molecule has 3 unspecified atom stereocenters. The number of benzene rings is 1. The van der Waals surface area contributed by atoms with E-state index in [1.54, 1.807) is 38.1 Å². The van der Waals surface area contributed by atoms with E-state index in [0.29, 0.717) is 22.4 Å². The number of nitrogens with zero attached hydrogens (tertiary/aromatic N) is 4. The van der Waals surface area contributed by atoms with Crippen molar-refractivity contribution in [1.82, 2.24) is 46.1 Å². The maximum absolute atomic E-state index is 13.3. The Balaban J connectivity index is 1.03. The summed E-state index contributed by atoms with van der Waals surface area (Å²) in [6.45, 7) is 11.6. The van der Waals surface area contributed by atoms with Gasteiger partial charge < -0.3 is 61.7 Å². The number of alkyl carbamates (subject to hydrolysis) is 1. The third kappa shape index (κ3) is 14.6.